The lowest BCUT2D eigenvalue weighted by Gasteiger charge is -2.35. The molecule has 16 nitrogen and oxygen atoms in total. The highest BCUT2D eigenvalue weighted by Crippen LogP contribution is 2.57. The summed E-state index contributed by atoms with van der Waals surface area (Å²) in [6.45, 7) is 25.5. The molecular weight excluding hydrogens is 962 g/mol. The Labute approximate surface area is 443 Å². The SMILES string of the molecule is C=O.CCOC(=O)c1cc(C2(c3ccc(COCCOCCOCCO)c(C(C)=O)c3)c3cc(B4OC(C)(C)C(C)(C)O4)ccc3-c3ccc(B4OC(C)(C)C(C)(C)O4)cc32)ccc1OCCOCCOCCOC. The van der Waals surface area contributed by atoms with Gasteiger partial charge in [-0.05, 0) is 137 Å². The summed E-state index contributed by atoms with van der Waals surface area (Å²) in [6.07, 6.45) is 0. The summed E-state index contributed by atoms with van der Waals surface area (Å²) < 4.78 is 72.2. The van der Waals surface area contributed by atoms with Crippen molar-refractivity contribution >= 4 is 43.7 Å². The quantitative estimate of drug-likeness (QED) is 0.0262. The number of ether oxygens (including phenoxy) is 8. The van der Waals surface area contributed by atoms with E-state index in [-0.39, 0.29) is 57.6 Å². The van der Waals surface area contributed by atoms with Gasteiger partial charge in [-0.1, -0.05) is 54.6 Å². The Morgan fingerprint density at radius 2 is 1.00 bits per heavy atom. The van der Waals surface area contributed by atoms with Crippen molar-refractivity contribution in [3.05, 3.63) is 112 Å². The van der Waals surface area contributed by atoms with Gasteiger partial charge in [-0.15, -0.1) is 0 Å². The van der Waals surface area contributed by atoms with Gasteiger partial charge in [-0.2, -0.15) is 0 Å². The largest absolute Gasteiger partial charge is 0.494 e. The van der Waals surface area contributed by atoms with E-state index in [4.69, 9.17) is 66.4 Å². The van der Waals surface area contributed by atoms with Gasteiger partial charge in [-0.3, -0.25) is 4.79 Å². The molecule has 75 heavy (non-hydrogen) atoms. The average molecular weight is 1040 g/mol. The van der Waals surface area contributed by atoms with Crippen LogP contribution in [0.1, 0.15) is 118 Å². The van der Waals surface area contributed by atoms with Crippen LogP contribution < -0.4 is 15.7 Å². The van der Waals surface area contributed by atoms with Crippen molar-refractivity contribution in [1.82, 2.24) is 0 Å². The normalized spacial score (nSPS) is 17.3. The number of ketones is 1. The molecule has 2 saturated heterocycles. The molecule has 18 heteroatoms. The first kappa shape index (κ1) is 59.4. The van der Waals surface area contributed by atoms with Crippen LogP contribution in [-0.4, -0.2) is 153 Å². The third-order valence-electron chi connectivity index (χ3n) is 14.6. The first-order valence-corrected chi connectivity index (χ1v) is 25.7. The predicted octanol–water partition coefficient (Wildman–Crippen LogP) is 6.44. The third-order valence-corrected chi connectivity index (χ3v) is 14.6. The van der Waals surface area contributed by atoms with Gasteiger partial charge in [0.15, 0.2) is 5.78 Å². The summed E-state index contributed by atoms with van der Waals surface area (Å²) in [5, 5.41) is 8.98. The van der Waals surface area contributed by atoms with Crippen LogP contribution in [0.25, 0.3) is 11.1 Å². The number of benzene rings is 4. The number of hydrogen-bond donors (Lipinski definition) is 1. The van der Waals surface area contributed by atoms with Crippen molar-refractivity contribution in [3.63, 3.8) is 0 Å². The van der Waals surface area contributed by atoms with E-state index >= 15 is 0 Å². The third kappa shape index (κ3) is 13.1. The lowest BCUT2D eigenvalue weighted by atomic mass is 9.64. The Bertz CT molecular complexity index is 2440. The maximum absolute atomic E-state index is 14.2. The topological polar surface area (TPSA) is 182 Å². The Kier molecular flexibility index (Phi) is 20.6. The molecule has 4 aromatic rings. The van der Waals surface area contributed by atoms with Crippen molar-refractivity contribution < 1.29 is 76.0 Å². The van der Waals surface area contributed by atoms with Crippen LogP contribution in [0.4, 0.5) is 0 Å². The van der Waals surface area contributed by atoms with Gasteiger partial charge in [0, 0.05) is 12.7 Å². The number of Topliss-reactive ketones (excluding diaryl/α,β-unsaturated/α-hetero) is 1. The molecule has 4 aromatic carbocycles. The molecule has 0 aromatic heterocycles. The van der Waals surface area contributed by atoms with E-state index in [9.17, 15) is 9.59 Å². The fourth-order valence-corrected chi connectivity index (χ4v) is 9.28. The molecule has 1 N–H and O–H groups in total. The van der Waals surface area contributed by atoms with Gasteiger partial charge in [0.25, 0.3) is 0 Å². The smallest absolute Gasteiger partial charge is 0.490 e. The van der Waals surface area contributed by atoms with Crippen LogP contribution in [0.15, 0.2) is 72.8 Å². The van der Waals surface area contributed by atoms with E-state index in [1.165, 1.54) is 0 Å². The van der Waals surface area contributed by atoms with Gasteiger partial charge in [0.2, 0.25) is 0 Å². The Morgan fingerprint density at radius 3 is 1.47 bits per heavy atom. The minimum atomic E-state index is -1.20. The Hall–Kier alpha value is -4.82. The van der Waals surface area contributed by atoms with E-state index in [0.29, 0.717) is 68.7 Å². The molecule has 2 aliphatic heterocycles. The second-order valence-electron chi connectivity index (χ2n) is 20.5. The summed E-state index contributed by atoms with van der Waals surface area (Å²) in [4.78, 5) is 36.2. The fraction of sp³-hybridized carbons (Fsp3) is 0.526. The average Bonchev–Trinajstić information content (AvgIpc) is 3.90. The lowest BCUT2D eigenvalue weighted by Crippen LogP contribution is -2.41. The van der Waals surface area contributed by atoms with Crippen molar-refractivity contribution in [2.24, 2.45) is 0 Å². The summed E-state index contributed by atoms with van der Waals surface area (Å²) in [6, 6.07) is 24.1. The van der Waals surface area contributed by atoms with Crippen LogP contribution in [0.3, 0.4) is 0 Å². The van der Waals surface area contributed by atoms with Gasteiger partial charge in [-0.25, -0.2) is 4.79 Å². The van der Waals surface area contributed by atoms with E-state index in [0.717, 1.165) is 38.7 Å². The lowest BCUT2D eigenvalue weighted by molar-refractivity contribution is -0.0980. The standard InChI is InChI=1S/C56H74B2O15.CH2O/c1-12-68-51(61)47-34-41(15-20-50(47)69-32-31-66-28-27-64-24-23-62-11)56(40-14-13-39(46(33-40)38(2)60)37-67-30-29-65-26-25-63-22-21-59)48-35-42(57-70-52(3,4)53(5,6)71-57)16-18-44(48)45-19-17-43(36-49(45)56)58-72-54(7,8)55(9,10)73-58;1-2/h13-20,33-36,59H,12,21-32,37H2,1-11H3;1H2. The summed E-state index contributed by atoms with van der Waals surface area (Å²) >= 11 is 0. The molecule has 0 bridgehead atoms. The highest BCUT2D eigenvalue weighted by molar-refractivity contribution is 6.62. The van der Waals surface area contributed by atoms with Crippen molar-refractivity contribution in [1.29, 1.82) is 0 Å². The zero-order chi connectivity index (χ0) is 54.6. The molecule has 0 saturated carbocycles. The summed E-state index contributed by atoms with van der Waals surface area (Å²) in [5.74, 6) is -0.384. The Morgan fingerprint density at radius 1 is 0.560 bits per heavy atom. The van der Waals surface area contributed by atoms with E-state index in [2.05, 4.69) is 24.3 Å². The molecule has 0 amide bonds. The predicted molar refractivity (Wildman–Crippen MR) is 286 cm³/mol. The monoisotopic (exact) mass is 1040 g/mol. The number of rotatable bonds is 27. The molecule has 0 radical (unpaired) electrons. The molecule has 0 unspecified atom stereocenters. The van der Waals surface area contributed by atoms with Crippen molar-refractivity contribution in [2.75, 3.05) is 93.0 Å². The maximum Gasteiger partial charge on any atom is 0.494 e. The molecule has 7 rings (SSSR count). The molecule has 406 valence electrons. The number of aliphatic hydroxyl groups is 1. The van der Waals surface area contributed by atoms with Gasteiger partial charge >= 0.3 is 20.2 Å². The molecule has 0 spiro atoms. The minimum Gasteiger partial charge on any atom is -0.490 e. The summed E-state index contributed by atoms with van der Waals surface area (Å²) in [7, 11) is 0.218. The molecule has 2 fully saturated rings. The first-order chi connectivity index (χ1) is 35.8. The Balaban J connectivity index is 0.00000452. The number of carbonyl (C=O) groups excluding carboxylic acids is 3. The molecular formula is C57H76B2O16. The molecule has 3 aliphatic rings. The number of aliphatic hydroxyl groups excluding tert-OH is 1. The zero-order valence-corrected chi connectivity index (χ0v) is 45.8. The molecule has 0 atom stereocenters. The van der Waals surface area contributed by atoms with Gasteiger partial charge in [0.1, 0.15) is 24.7 Å². The van der Waals surface area contributed by atoms with Crippen LogP contribution in [-0.2, 0) is 68.6 Å². The van der Waals surface area contributed by atoms with Crippen molar-refractivity contribution in [3.8, 4) is 16.9 Å². The molecule has 2 heterocycles. The zero-order valence-electron chi connectivity index (χ0n) is 45.8. The minimum absolute atomic E-state index is 0.0502. The fourth-order valence-electron chi connectivity index (χ4n) is 9.28. The van der Waals surface area contributed by atoms with Crippen LogP contribution in [0.2, 0.25) is 0 Å². The second-order valence-corrected chi connectivity index (χ2v) is 20.5. The van der Waals surface area contributed by atoms with Gasteiger partial charge < -0.3 is 66.4 Å². The van der Waals surface area contributed by atoms with Crippen molar-refractivity contribution in [2.45, 2.75) is 104 Å². The van der Waals surface area contributed by atoms with E-state index < -0.39 is 48.0 Å². The molecule has 1 aliphatic carbocycles. The first-order valence-electron chi connectivity index (χ1n) is 25.7. The highest BCUT2D eigenvalue weighted by Gasteiger charge is 2.55. The maximum atomic E-state index is 14.2. The number of methoxy groups -OCH3 is 1. The number of carbonyl (C=O) groups is 3. The van der Waals surface area contributed by atoms with Crippen LogP contribution >= 0.6 is 0 Å². The van der Waals surface area contributed by atoms with E-state index in [1.54, 1.807) is 27.0 Å². The summed E-state index contributed by atoms with van der Waals surface area (Å²) in [5.41, 5.74) is 4.45. The van der Waals surface area contributed by atoms with Crippen LogP contribution in [0.5, 0.6) is 5.75 Å². The number of hydrogen-bond acceptors (Lipinski definition) is 16. The number of fused-ring (bicyclic) bond motifs is 3. The highest BCUT2D eigenvalue weighted by atomic mass is 16.7. The van der Waals surface area contributed by atoms with Gasteiger partial charge in [0.05, 0.1) is 114 Å². The van der Waals surface area contributed by atoms with E-state index in [1.807, 2.05) is 105 Å². The second kappa shape index (κ2) is 26.0. The number of esters is 1. The van der Waals surface area contributed by atoms with Crippen LogP contribution in [0, 0.1) is 0 Å².